The zero-order valence-electron chi connectivity index (χ0n) is 16.8. The standard InChI is InChI=1S/C23H29N3O3/c27-11-12-29-18-4-1-3-16(13-18)14-26-10-2-8-23(15-26)9-7-19-20(23)24-21(17-5-6-17)25-22(19)28/h1,3-4,13,17,27H,2,5-12,14-15H2,(H,24,25,28). The molecular formula is C23H29N3O3. The number of piperidine rings is 1. The number of rotatable bonds is 6. The lowest BCUT2D eigenvalue weighted by Crippen LogP contribution is -2.45. The van der Waals surface area contributed by atoms with Gasteiger partial charge in [0, 0.05) is 30.0 Å². The number of aromatic nitrogens is 2. The number of hydrogen-bond donors (Lipinski definition) is 2. The van der Waals surface area contributed by atoms with Crippen LogP contribution in [0, 0.1) is 0 Å². The Hall–Kier alpha value is -2.18. The molecule has 1 aromatic heterocycles. The maximum absolute atomic E-state index is 12.6. The molecule has 1 atom stereocenters. The Morgan fingerprint density at radius 1 is 1.31 bits per heavy atom. The Morgan fingerprint density at radius 3 is 3.03 bits per heavy atom. The third-order valence-electron chi connectivity index (χ3n) is 6.67. The maximum atomic E-state index is 12.6. The molecule has 0 radical (unpaired) electrons. The van der Waals surface area contributed by atoms with Gasteiger partial charge in [0.25, 0.3) is 5.56 Å². The number of H-pyrrole nitrogens is 1. The van der Waals surface area contributed by atoms with Gasteiger partial charge in [-0.3, -0.25) is 9.69 Å². The summed E-state index contributed by atoms with van der Waals surface area (Å²) in [5.74, 6) is 2.18. The van der Waals surface area contributed by atoms with Crippen LogP contribution in [0.5, 0.6) is 5.75 Å². The molecule has 154 valence electrons. The number of aliphatic hydroxyl groups is 1. The molecule has 1 saturated heterocycles. The zero-order chi connectivity index (χ0) is 19.8. The van der Waals surface area contributed by atoms with Crippen LogP contribution in [0.3, 0.4) is 0 Å². The normalized spacial score (nSPS) is 24.0. The summed E-state index contributed by atoms with van der Waals surface area (Å²) >= 11 is 0. The van der Waals surface area contributed by atoms with Crippen LogP contribution in [0.1, 0.15) is 60.7 Å². The van der Waals surface area contributed by atoms with Crippen LogP contribution in [-0.2, 0) is 18.4 Å². The van der Waals surface area contributed by atoms with Crippen LogP contribution in [-0.4, -0.2) is 46.3 Å². The summed E-state index contributed by atoms with van der Waals surface area (Å²) in [5.41, 5.74) is 3.35. The largest absolute Gasteiger partial charge is 0.491 e. The van der Waals surface area contributed by atoms with Crippen molar-refractivity contribution >= 4 is 0 Å². The summed E-state index contributed by atoms with van der Waals surface area (Å²) in [7, 11) is 0. The first-order valence-electron chi connectivity index (χ1n) is 10.9. The Kier molecular flexibility index (Phi) is 4.92. The number of fused-ring (bicyclic) bond motifs is 2. The molecule has 2 heterocycles. The number of ether oxygens (including phenoxy) is 1. The Morgan fingerprint density at radius 2 is 2.21 bits per heavy atom. The lowest BCUT2D eigenvalue weighted by atomic mass is 9.77. The average Bonchev–Trinajstić information content (AvgIpc) is 3.52. The van der Waals surface area contributed by atoms with E-state index in [9.17, 15) is 4.79 Å². The molecule has 5 rings (SSSR count). The van der Waals surface area contributed by atoms with Crippen LogP contribution in [0.15, 0.2) is 29.1 Å². The highest BCUT2D eigenvalue weighted by Crippen LogP contribution is 2.45. The molecule has 3 aliphatic rings. The van der Waals surface area contributed by atoms with Crippen molar-refractivity contribution in [2.24, 2.45) is 0 Å². The number of likely N-dealkylation sites (tertiary alicyclic amines) is 1. The van der Waals surface area contributed by atoms with Gasteiger partial charge in [-0.2, -0.15) is 0 Å². The predicted molar refractivity (Wildman–Crippen MR) is 110 cm³/mol. The molecule has 2 fully saturated rings. The molecule has 2 aliphatic carbocycles. The molecule has 6 heteroatoms. The summed E-state index contributed by atoms with van der Waals surface area (Å²) in [4.78, 5) is 23.2. The number of aliphatic hydroxyl groups excluding tert-OH is 1. The second-order valence-corrected chi connectivity index (χ2v) is 8.87. The van der Waals surface area contributed by atoms with Crippen molar-refractivity contribution in [2.75, 3.05) is 26.3 Å². The fourth-order valence-electron chi connectivity index (χ4n) is 5.13. The van der Waals surface area contributed by atoms with Crippen LogP contribution in [0.4, 0.5) is 0 Å². The fourth-order valence-corrected chi connectivity index (χ4v) is 5.13. The van der Waals surface area contributed by atoms with E-state index >= 15 is 0 Å². The van der Waals surface area contributed by atoms with Crippen molar-refractivity contribution in [3.8, 4) is 5.75 Å². The Labute approximate surface area is 170 Å². The fraction of sp³-hybridized carbons (Fsp3) is 0.565. The summed E-state index contributed by atoms with van der Waals surface area (Å²) < 4.78 is 5.56. The predicted octanol–water partition coefficient (Wildman–Crippen LogP) is 2.50. The first-order chi connectivity index (χ1) is 14.2. The monoisotopic (exact) mass is 395 g/mol. The topological polar surface area (TPSA) is 78.5 Å². The van der Waals surface area contributed by atoms with Crippen molar-refractivity contribution in [1.82, 2.24) is 14.9 Å². The van der Waals surface area contributed by atoms with E-state index in [-0.39, 0.29) is 17.6 Å². The molecule has 1 aliphatic heterocycles. The average molecular weight is 396 g/mol. The summed E-state index contributed by atoms with van der Waals surface area (Å²) in [5, 5.41) is 8.97. The Bertz CT molecular complexity index is 953. The van der Waals surface area contributed by atoms with Crippen molar-refractivity contribution in [3.63, 3.8) is 0 Å². The van der Waals surface area contributed by atoms with E-state index in [1.165, 1.54) is 5.56 Å². The molecule has 0 bridgehead atoms. The number of nitrogens with zero attached hydrogens (tertiary/aromatic N) is 2. The van der Waals surface area contributed by atoms with Gasteiger partial charge in [0.1, 0.15) is 18.2 Å². The maximum Gasteiger partial charge on any atom is 0.254 e. The molecule has 2 aromatic rings. The molecular weight excluding hydrogens is 366 g/mol. The van der Waals surface area contributed by atoms with Gasteiger partial charge < -0.3 is 14.8 Å². The SMILES string of the molecule is O=c1[nH]c(C2CC2)nc2c1CCC21CCCN(Cc2cccc(OCCO)c2)C1. The first-order valence-corrected chi connectivity index (χ1v) is 10.9. The second-order valence-electron chi connectivity index (χ2n) is 8.87. The second kappa shape index (κ2) is 7.58. The van der Waals surface area contributed by atoms with E-state index in [0.717, 1.165) is 81.0 Å². The van der Waals surface area contributed by atoms with E-state index in [4.69, 9.17) is 14.8 Å². The first kappa shape index (κ1) is 18.8. The molecule has 29 heavy (non-hydrogen) atoms. The number of nitrogens with one attached hydrogen (secondary N) is 1. The molecule has 1 unspecified atom stereocenters. The molecule has 1 aromatic carbocycles. The number of hydrogen-bond acceptors (Lipinski definition) is 5. The van der Waals surface area contributed by atoms with Gasteiger partial charge in [0.15, 0.2) is 0 Å². The quantitative estimate of drug-likeness (QED) is 0.786. The van der Waals surface area contributed by atoms with Gasteiger partial charge in [-0.25, -0.2) is 4.98 Å². The van der Waals surface area contributed by atoms with Crippen LogP contribution in [0.25, 0.3) is 0 Å². The smallest absolute Gasteiger partial charge is 0.254 e. The van der Waals surface area contributed by atoms with E-state index in [1.807, 2.05) is 12.1 Å². The van der Waals surface area contributed by atoms with Crippen molar-refractivity contribution in [2.45, 2.75) is 56.4 Å². The summed E-state index contributed by atoms with van der Waals surface area (Å²) in [6, 6.07) is 8.13. The third-order valence-corrected chi connectivity index (χ3v) is 6.67. The van der Waals surface area contributed by atoms with E-state index in [2.05, 4.69) is 22.0 Å². The van der Waals surface area contributed by atoms with Crippen molar-refractivity contribution < 1.29 is 9.84 Å². The molecule has 1 saturated carbocycles. The zero-order valence-corrected chi connectivity index (χ0v) is 16.8. The van der Waals surface area contributed by atoms with Crippen molar-refractivity contribution in [1.29, 1.82) is 0 Å². The molecule has 2 N–H and O–H groups in total. The summed E-state index contributed by atoms with van der Waals surface area (Å²) in [6.45, 7) is 3.23. The lowest BCUT2D eigenvalue weighted by Gasteiger charge is -2.40. The third kappa shape index (κ3) is 3.71. The van der Waals surface area contributed by atoms with Gasteiger partial charge in [-0.15, -0.1) is 0 Å². The minimum atomic E-state index is 0.0211. The van der Waals surface area contributed by atoms with E-state index < -0.39 is 0 Å². The minimum absolute atomic E-state index is 0.0211. The highest BCUT2D eigenvalue weighted by atomic mass is 16.5. The van der Waals surface area contributed by atoms with Gasteiger partial charge in [-0.05, 0) is 62.8 Å². The van der Waals surface area contributed by atoms with Gasteiger partial charge in [0.2, 0.25) is 0 Å². The van der Waals surface area contributed by atoms with Gasteiger partial charge >= 0.3 is 0 Å². The number of aromatic amines is 1. The van der Waals surface area contributed by atoms with Crippen LogP contribution in [0.2, 0.25) is 0 Å². The van der Waals surface area contributed by atoms with Crippen LogP contribution >= 0.6 is 0 Å². The van der Waals surface area contributed by atoms with Gasteiger partial charge in [-0.1, -0.05) is 12.1 Å². The summed E-state index contributed by atoms with van der Waals surface area (Å²) in [6.07, 6.45) is 6.43. The number of benzene rings is 1. The van der Waals surface area contributed by atoms with Gasteiger partial charge in [0.05, 0.1) is 12.3 Å². The van der Waals surface area contributed by atoms with Crippen LogP contribution < -0.4 is 10.3 Å². The van der Waals surface area contributed by atoms with Crippen molar-refractivity contribution in [3.05, 3.63) is 57.3 Å². The minimum Gasteiger partial charge on any atom is -0.491 e. The van der Waals surface area contributed by atoms with E-state index in [0.29, 0.717) is 12.5 Å². The molecule has 0 amide bonds. The molecule has 6 nitrogen and oxygen atoms in total. The highest BCUT2D eigenvalue weighted by Gasteiger charge is 2.45. The van der Waals surface area contributed by atoms with E-state index in [1.54, 1.807) is 0 Å². The Balaban J connectivity index is 1.36. The molecule has 1 spiro atoms. The highest BCUT2D eigenvalue weighted by molar-refractivity contribution is 5.35. The lowest BCUT2D eigenvalue weighted by molar-refractivity contribution is 0.136.